The molecule has 1 fully saturated rings. The Morgan fingerprint density at radius 2 is 2.05 bits per heavy atom. The van der Waals surface area contributed by atoms with Crippen LogP contribution in [-0.4, -0.2) is 34.6 Å². The Balaban J connectivity index is 1.91. The highest BCUT2D eigenvalue weighted by Crippen LogP contribution is 2.12. The first kappa shape index (κ1) is 13.9. The van der Waals surface area contributed by atoms with Gasteiger partial charge in [0.15, 0.2) is 0 Å². The molecule has 2 amide bonds. The highest BCUT2D eigenvalue weighted by molar-refractivity contribution is 5.86. The quantitative estimate of drug-likeness (QED) is 0.851. The molecule has 1 saturated heterocycles. The van der Waals surface area contributed by atoms with Crippen LogP contribution in [0.2, 0.25) is 0 Å². The zero-order valence-corrected chi connectivity index (χ0v) is 10.6. The van der Waals surface area contributed by atoms with E-state index in [9.17, 15) is 14.4 Å². The molecule has 1 unspecified atom stereocenters. The van der Waals surface area contributed by atoms with E-state index in [1.54, 1.807) is 12.1 Å². The minimum absolute atomic E-state index is 0.0593. The Labute approximate surface area is 115 Å². The molecule has 20 heavy (non-hydrogen) atoms. The lowest BCUT2D eigenvalue weighted by molar-refractivity contribution is -0.148. The first-order valence-corrected chi connectivity index (χ1v) is 6.07. The topological polar surface area (TPSA) is 95.9 Å². The van der Waals surface area contributed by atoms with Crippen molar-refractivity contribution in [3.8, 4) is 0 Å². The van der Waals surface area contributed by atoms with Crippen molar-refractivity contribution < 1.29 is 24.2 Å². The number of rotatable bonds is 3. The van der Waals surface area contributed by atoms with E-state index in [0.717, 1.165) is 10.6 Å². The van der Waals surface area contributed by atoms with Gasteiger partial charge in [0.25, 0.3) is 0 Å². The number of hydrazine groups is 1. The molecule has 0 aromatic heterocycles. The van der Waals surface area contributed by atoms with Crippen molar-refractivity contribution in [2.45, 2.75) is 13.0 Å². The van der Waals surface area contributed by atoms with Gasteiger partial charge in [0, 0.05) is 6.42 Å². The molecule has 1 aliphatic rings. The Morgan fingerprint density at radius 3 is 2.70 bits per heavy atom. The third kappa shape index (κ3) is 3.47. The number of nitrogens with zero attached hydrogens (tertiary/aromatic N) is 1. The molecule has 106 valence electrons. The average molecular weight is 278 g/mol. The SMILES string of the molecule is O=C1CC(C(=O)O)CN(C(=O)OCc2ccccc2)N1. The van der Waals surface area contributed by atoms with Crippen LogP contribution in [0.15, 0.2) is 30.3 Å². The standard InChI is InChI=1S/C13H14N2O5/c16-11-6-10(12(17)18)7-15(14-11)13(19)20-8-9-4-2-1-3-5-9/h1-5,10H,6-8H2,(H,14,16)(H,17,18). The van der Waals surface area contributed by atoms with Crippen LogP contribution in [0, 0.1) is 5.92 Å². The van der Waals surface area contributed by atoms with E-state index in [0.29, 0.717) is 0 Å². The normalized spacial score (nSPS) is 18.3. The van der Waals surface area contributed by atoms with Gasteiger partial charge in [-0.05, 0) is 5.56 Å². The number of benzene rings is 1. The lowest BCUT2D eigenvalue weighted by atomic mass is 10.0. The molecule has 2 N–H and O–H groups in total. The minimum atomic E-state index is -1.11. The summed E-state index contributed by atoms with van der Waals surface area (Å²) >= 11 is 0. The number of carbonyl (C=O) groups excluding carboxylic acids is 2. The Bertz CT molecular complexity index is 517. The van der Waals surface area contributed by atoms with Crippen LogP contribution < -0.4 is 5.43 Å². The number of nitrogens with one attached hydrogen (secondary N) is 1. The van der Waals surface area contributed by atoms with Crippen LogP contribution >= 0.6 is 0 Å². The fraction of sp³-hybridized carbons (Fsp3) is 0.308. The predicted molar refractivity (Wildman–Crippen MR) is 67.2 cm³/mol. The van der Waals surface area contributed by atoms with E-state index < -0.39 is 23.9 Å². The first-order valence-electron chi connectivity index (χ1n) is 6.07. The third-order valence-electron chi connectivity index (χ3n) is 2.87. The number of amides is 2. The van der Waals surface area contributed by atoms with Crippen molar-refractivity contribution in [2.75, 3.05) is 6.54 Å². The number of carbonyl (C=O) groups is 3. The zero-order valence-electron chi connectivity index (χ0n) is 10.6. The van der Waals surface area contributed by atoms with Gasteiger partial charge >= 0.3 is 12.1 Å². The largest absolute Gasteiger partial charge is 0.481 e. The van der Waals surface area contributed by atoms with Crippen molar-refractivity contribution in [3.63, 3.8) is 0 Å². The van der Waals surface area contributed by atoms with Crippen LogP contribution in [0.4, 0.5) is 4.79 Å². The van der Waals surface area contributed by atoms with Crippen molar-refractivity contribution in [1.29, 1.82) is 0 Å². The van der Waals surface area contributed by atoms with Crippen LogP contribution in [0.5, 0.6) is 0 Å². The summed E-state index contributed by atoms with van der Waals surface area (Å²) in [7, 11) is 0. The molecule has 0 radical (unpaired) electrons. The number of carboxylic acid groups (broad SMARTS) is 1. The Hall–Kier alpha value is -2.57. The van der Waals surface area contributed by atoms with Gasteiger partial charge in [-0.2, -0.15) is 0 Å². The van der Waals surface area contributed by atoms with Crippen LogP contribution in [0.1, 0.15) is 12.0 Å². The summed E-state index contributed by atoms with van der Waals surface area (Å²) in [6.45, 7) is -0.0432. The van der Waals surface area contributed by atoms with Gasteiger partial charge in [0.2, 0.25) is 5.91 Å². The molecule has 1 heterocycles. The van der Waals surface area contributed by atoms with Gasteiger partial charge in [-0.25, -0.2) is 9.80 Å². The molecular weight excluding hydrogens is 264 g/mol. The van der Waals surface area contributed by atoms with Crippen LogP contribution in [-0.2, 0) is 20.9 Å². The summed E-state index contributed by atoms with van der Waals surface area (Å²) in [6, 6.07) is 9.05. The summed E-state index contributed by atoms with van der Waals surface area (Å²) in [5.74, 6) is -2.53. The molecule has 2 rings (SSSR count). The van der Waals surface area contributed by atoms with Crippen LogP contribution in [0.25, 0.3) is 0 Å². The van der Waals surface area contributed by atoms with Gasteiger partial charge in [-0.3, -0.25) is 15.0 Å². The second kappa shape index (κ2) is 6.05. The predicted octanol–water partition coefficient (Wildman–Crippen LogP) is 0.761. The Morgan fingerprint density at radius 1 is 1.35 bits per heavy atom. The first-order chi connectivity index (χ1) is 9.56. The molecular formula is C13H14N2O5. The van der Waals surface area contributed by atoms with Gasteiger partial charge in [0.1, 0.15) is 6.61 Å². The summed E-state index contributed by atoms with van der Waals surface area (Å²) < 4.78 is 5.02. The molecule has 0 saturated carbocycles. The molecule has 1 aromatic rings. The van der Waals surface area contributed by atoms with E-state index in [1.807, 2.05) is 18.2 Å². The van der Waals surface area contributed by atoms with Gasteiger partial charge < -0.3 is 9.84 Å². The molecule has 7 heteroatoms. The zero-order chi connectivity index (χ0) is 14.5. The van der Waals surface area contributed by atoms with Crippen LogP contribution in [0.3, 0.4) is 0 Å². The van der Waals surface area contributed by atoms with Crippen molar-refractivity contribution in [1.82, 2.24) is 10.4 Å². The van der Waals surface area contributed by atoms with Crippen molar-refractivity contribution >= 4 is 18.0 Å². The molecule has 1 atom stereocenters. The number of carboxylic acids is 1. The maximum absolute atomic E-state index is 11.8. The van der Waals surface area contributed by atoms with Gasteiger partial charge in [-0.15, -0.1) is 0 Å². The number of hydrogen-bond donors (Lipinski definition) is 2. The molecule has 0 bridgehead atoms. The molecule has 0 spiro atoms. The fourth-order valence-corrected chi connectivity index (χ4v) is 1.83. The molecule has 1 aliphatic heterocycles. The van der Waals surface area contributed by atoms with Gasteiger partial charge in [0.05, 0.1) is 12.5 Å². The maximum Gasteiger partial charge on any atom is 0.429 e. The van der Waals surface area contributed by atoms with Gasteiger partial charge in [-0.1, -0.05) is 30.3 Å². The molecule has 7 nitrogen and oxygen atoms in total. The van der Waals surface area contributed by atoms with Crippen molar-refractivity contribution in [2.24, 2.45) is 5.92 Å². The minimum Gasteiger partial charge on any atom is -0.481 e. The molecule has 1 aromatic carbocycles. The summed E-state index contributed by atoms with van der Waals surface area (Å²) in [5, 5.41) is 9.80. The summed E-state index contributed by atoms with van der Waals surface area (Å²) in [5.41, 5.74) is 3.10. The lowest BCUT2D eigenvalue weighted by Gasteiger charge is -2.29. The number of hydrogen-bond acceptors (Lipinski definition) is 4. The van der Waals surface area contributed by atoms with E-state index in [-0.39, 0.29) is 19.6 Å². The molecule has 0 aliphatic carbocycles. The second-order valence-corrected chi connectivity index (χ2v) is 4.43. The third-order valence-corrected chi connectivity index (χ3v) is 2.87. The number of aliphatic carboxylic acids is 1. The van der Waals surface area contributed by atoms with E-state index >= 15 is 0 Å². The van der Waals surface area contributed by atoms with E-state index in [4.69, 9.17) is 9.84 Å². The summed E-state index contributed by atoms with van der Waals surface area (Å²) in [4.78, 5) is 34.0. The maximum atomic E-state index is 11.8. The fourth-order valence-electron chi connectivity index (χ4n) is 1.83. The smallest absolute Gasteiger partial charge is 0.429 e. The number of ether oxygens (including phenoxy) is 1. The van der Waals surface area contributed by atoms with Crippen molar-refractivity contribution in [3.05, 3.63) is 35.9 Å². The second-order valence-electron chi connectivity index (χ2n) is 4.43. The lowest BCUT2D eigenvalue weighted by Crippen LogP contribution is -2.54. The highest BCUT2D eigenvalue weighted by Gasteiger charge is 2.33. The van der Waals surface area contributed by atoms with E-state index in [1.165, 1.54) is 0 Å². The summed E-state index contributed by atoms with van der Waals surface area (Å²) in [6.07, 6.45) is -0.911. The average Bonchev–Trinajstić information content (AvgIpc) is 2.45. The Kier molecular flexibility index (Phi) is 4.19. The highest BCUT2D eigenvalue weighted by atomic mass is 16.6. The monoisotopic (exact) mass is 278 g/mol. The van der Waals surface area contributed by atoms with E-state index in [2.05, 4.69) is 5.43 Å².